The largest absolute Gasteiger partial charge is 0.325 e. The lowest BCUT2D eigenvalue weighted by atomic mass is 9.91. The highest BCUT2D eigenvalue weighted by Crippen LogP contribution is 2.31. The summed E-state index contributed by atoms with van der Waals surface area (Å²) in [4.78, 5) is 37.9. The molecule has 1 atom stereocenters. The van der Waals surface area contributed by atoms with Gasteiger partial charge in [-0.2, -0.15) is 0 Å². The van der Waals surface area contributed by atoms with Gasteiger partial charge in [-0.15, -0.1) is 0 Å². The zero-order chi connectivity index (χ0) is 20.5. The van der Waals surface area contributed by atoms with E-state index in [4.69, 9.17) is 0 Å². The van der Waals surface area contributed by atoms with Crippen LogP contribution < -0.4 is 10.6 Å². The van der Waals surface area contributed by atoms with Gasteiger partial charge in [0.1, 0.15) is 23.7 Å². The van der Waals surface area contributed by atoms with E-state index in [0.29, 0.717) is 10.6 Å². The van der Waals surface area contributed by atoms with Gasteiger partial charge in [0.2, 0.25) is 5.91 Å². The molecule has 6 nitrogen and oxygen atoms in total. The third kappa shape index (κ3) is 3.58. The van der Waals surface area contributed by atoms with Crippen LogP contribution in [0.15, 0.2) is 42.5 Å². The van der Waals surface area contributed by atoms with Crippen molar-refractivity contribution in [2.75, 3.05) is 11.9 Å². The molecule has 0 aliphatic carbocycles. The fraction of sp³-hybridized carbons (Fsp3) is 0.250. The van der Waals surface area contributed by atoms with E-state index in [2.05, 4.69) is 10.6 Å². The lowest BCUT2D eigenvalue weighted by Gasteiger charge is -2.22. The lowest BCUT2D eigenvalue weighted by Crippen LogP contribution is -2.42. The Bertz CT molecular complexity index is 946. The van der Waals surface area contributed by atoms with Crippen molar-refractivity contribution >= 4 is 23.5 Å². The summed E-state index contributed by atoms with van der Waals surface area (Å²) in [6, 6.07) is 8.94. The summed E-state index contributed by atoms with van der Waals surface area (Å²) in [6.07, 6.45) is 0.853. The molecule has 1 unspecified atom stereocenters. The highest BCUT2D eigenvalue weighted by Gasteiger charge is 2.50. The fourth-order valence-electron chi connectivity index (χ4n) is 3.07. The van der Waals surface area contributed by atoms with Gasteiger partial charge in [0.15, 0.2) is 0 Å². The van der Waals surface area contributed by atoms with Crippen molar-refractivity contribution in [1.82, 2.24) is 10.2 Å². The molecule has 2 N–H and O–H groups in total. The molecule has 0 aromatic heterocycles. The molecule has 0 spiro atoms. The number of halogens is 2. The number of nitrogens with zero attached hydrogens (tertiary/aromatic N) is 1. The molecule has 0 bridgehead atoms. The molecule has 1 aliphatic heterocycles. The number of hydrogen-bond donors (Lipinski definition) is 2. The van der Waals surface area contributed by atoms with Crippen LogP contribution in [0.3, 0.4) is 0 Å². The van der Waals surface area contributed by atoms with E-state index in [1.807, 2.05) is 19.1 Å². The number of benzene rings is 2. The Hall–Kier alpha value is -3.29. The summed E-state index contributed by atoms with van der Waals surface area (Å²) >= 11 is 0. The Morgan fingerprint density at radius 1 is 1.14 bits per heavy atom. The second kappa shape index (κ2) is 7.38. The number of nitrogens with one attached hydrogen (secondary N) is 2. The number of carbonyl (C=O) groups excluding carboxylic acids is 3. The van der Waals surface area contributed by atoms with Crippen molar-refractivity contribution in [3.05, 3.63) is 65.2 Å². The average Bonchev–Trinajstić information content (AvgIpc) is 2.88. The lowest BCUT2D eigenvalue weighted by molar-refractivity contribution is -0.133. The number of urea groups is 1. The monoisotopic (exact) mass is 387 g/mol. The fourth-order valence-corrected chi connectivity index (χ4v) is 3.07. The number of hydrogen-bond acceptors (Lipinski definition) is 3. The van der Waals surface area contributed by atoms with Gasteiger partial charge in [0, 0.05) is 11.3 Å². The zero-order valence-electron chi connectivity index (χ0n) is 15.4. The van der Waals surface area contributed by atoms with Crippen molar-refractivity contribution in [2.45, 2.75) is 25.8 Å². The molecule has 1 saturated heterocycles. The predicted octanol–water partition coefficient (Wildman–Crippen LogP) is 2.93. The quantitative estimate of drug-likeness (QED) is 0.775. The van der Waals surface area contributed by atoms with E-state index in [1.54, 1.807) is 12.1 Å². The Kier molecular flexibility index (Phi) is 5.13. The van der Waals surface area contributed by atoms with Crippen LogP contribution in [0.4, 0.5) is 19.3 Å². The normalized spacial score (nSPS) is 18.9. The molecule has 2 aromatic rings. The molecule has 1 aliphatic rings. The molecule has 1 heterocycles. The second-order valence-electron chi connectivity index (χ2n) is 6.67. The van der Waals surface area contributed by atoms with E-state index >= 15 is 0 Å². The van der Waals surface area contributed by atoms with Crippen LogP contribution in [-0.2, 0) is 21.5 Å². The van der Waals surface area contributed by atoms with Gasteiger partial charge in [0.05, 0.1) is 0 Å². The molecule has 3 rings (SSSR count). The van der Waals surface area contributed by atoms with Crippen LogP contribution in [0.2, 0.25) is 0 Å². The van der Waals surface area contributed by atoms with Crippen molar-refractivity contribution < 1.29 is 23.2 Å². The van der Waals surface area contributed by atoms with E-state index in [-0.39, 0.29) is 5.56 Å². The van der Waals surface area contributed by atoms with Crippen molar-refractivity contribution in [1.29, 1.82) is 0 Å². The summed E-state index contributed by atoms with van der Waals surface area (Å²) in [5.74, 6) is -3.00. The van der Waals surface area contributed by atoms with Crippen molar-refractivity contribution in [3.63, 3.8) is 0 Å². The standard InChI is InChI=1S/C20H19F2N3O3/c1-3-12-4-7-14(8-5-12)23-17(26)11-25-18(27)20(2,24-19(25)28)15-10-13(21)6-9-16(15)22/h4-10H,3,11H2,1-2H3,(H,23,26)(H,24,28). The minimum Gasteiger partial charge on any atom is -0.325 e. The maximum Gasteiger partial charge on any atom is 0.325 e. The van der Waals surface area contributed by atoms with E-state index < -0.39 is 41.6 Å². The van der Waals surface area contributed by atoms with Gasteiger partial charge >= 0.3 is 6.03 Å². The van der Waals surface area contributed by atoms with Crippen LogP contribution in [0, 0.1) is 11.6 Å². The van der Waals surface area contributed by atoms with E-state index in [1.165, 1.54) is 6.92 Å². The minimum atomic E-state index is -1.80. The number of imide groups is 1. The number of anilines is 1. The number of rotatable bonds is 5. The molecule has 8 heteroatoms. The van der Waals surface area contributed by atoms with Gasteiger partial charge in [-0.3, -0.25) is 14.5 Å². The minimum absolute atomic E-state index is 0.302. The number of carbonyl (C=O) groups is 3. The summed E-state index contributed by atoms with van der Waals surface area (Å²) in [6.45, 7) is 2.73. The van der Waals surface area contributed by atoms with Crippen LogP contribution in [0.25, 0.3) is 0 Å². The van der Waals surface area contributed by atoms with Crippen LogP contribution in [0.5, 0.6) is 0 Å². The second-order valence-corrected chi connectivity index (χ2v) is 6.67. The zero-order valence-corrected chi connectivity index (χ0v) is 15.4. The molecular weight excluding hydrogens is 368 g/mol. The Labute approximate surface area is 160 Å². The molecule has 146 valence electrons. The van der Waals surface area contributed by atoms with E-state index in [9.17, 15) is 23.2 Å². The van der Waals surface area contributed by atoms with Crippen molar-refractivity contribution in [3.8, 4) is 0 Å². The molecule has 0 radical (unpaired) electrons. The first-order chi connectivity index (χ1) is 13.2. The van der Waals surface area contributed by atoms with Crippen LogP contribution >= 0.6 is 0 Å². The topological polar surface area (TPSA) is 78.5 Å². The highest BCUT2D eigenvalue weighted by atomic mass is 19.1. The number of amides is 4. The summed E-state index contributed by atoms with van der Waals surface area (Å²) < 4.78 is 27.7. The summed E-state index contributed by atoms with van der Waals surface area (Å²) in [5, 5.41) is 4.95. The van der Waals surface area contributed by atoms with Gasteiger partial charge in [-0.05, 0) is 49.2 Å². The SMILES string of the molecule is CCc1ccc(NC(=O)CN2C(=O)NC(C)(c3cc(F)ccc3F)C2=O)cc1. The molecule has 1 fully saturated rings. The molecular formula is C20H19F2N3O3. The summed E-state index contributed by atoms with van der Waals surface area (Å²) in [7, 11) is 0. The first-order valence-electron chi connectivity index (χ1n) is 8.73. The molecule has 2 aromatic carbocycles. The predicted molar refractivity (Wildman–Crippen MR) is 98.4 cm³/mol. The van der Waals surface area contributed by atoms with Crippen molar-refractivity contribution in [2.24, 2.45) is 0 Å². The first kappa shape index (κ1) is 19.5. The number of aryl methyl sites for hydroxylation is 1. The Morgan fingerprint density at radius 2 is 1.82 bits per heavy atom. The molecule has 28 heavy (non-hydrogen) atoms. The van der Waals surface area contributed by atoms with Gasteiger partial charge < -0.3 is 10.6 Å². The highest BCUT2D eigenvalue weighted by molar-refractivity contribution is 6.10. The smallest absolute Gasteiger partial charge is 0.325 e. The van der Waals surface area contributed by atoms with Gasteiger partial charge in [-0.25, -0.2) is 13.6 Å². The van der Waals surface area contributed by atoms with Crippen LogP contribution in [0.1, 0.15) is 25.0 Å². The average molecular weight is 387 g/mol. The Balaban J connectivity index is 1.76. The summed E-state index contributed by atoms with van der Waals surface area (Å²) in [5.41, 5.74) is -0.483. The third-order valence-corrected chi connectivity index (χ3v) is 4.69. The third-order valence-electron chi connectivity index (χ3n) is 4.69. The van der Waals surface area contributed by atoms with E-state index in [0.717, 1.165) is 30.2 Å². The molecule has 4 amide bonds. The first-order valence-corrected chi connectivity index (χ1v) is 8.73. The Morgan fingerprint density at radius 3 is 2.46 bits per heavy atom. The van der Waals surface area contributed by atoms with Gasteiger partial charge in [-0.1, -0.05) is 19.1 Å². The maximum atomic E-state index is 14.1. The maximum absolute atomic E-state index is 14.1. The van der Waals surface area contributed by atoms with Gasteiger partial charge in [0.25, 0.3) is 5.91 Å². The van der Waals surface area contributed by atoms with Crippen LogP contribution in [-0.4, -0.2) is 29.3 Å². The molecule has 0 saturated carbocycles.